The lowest BCUT2D eigenvalue weighted by Crippen LogP contribution is -2.31. The maximum atomic E-state index is 4.68. The van der Waals surface area contributed by atoms with Crippen molar-refractivity contribution in [1.29, 1.82) is 0 Å². The third-order valence-corrected chi connectivity index (χ3v) is 3.62. The van der Waals surface area contributed by atoms with E-state index in [1.807, 2.05) is 6.07 Å². The summed E-state index contributed by atoms with van der Waals surface area (Å²) in [6.45, 7) is 3.21. The Morgan fingerprint density at radius 2 is 2.17 bits per heavy atom. The fourth-order valence-corrected chi connectivity index (χ4v) is 2.56. The summed E-state index contributed by atoms with van der Waals surface area (Å²) < 4.78 is 0. The van der Waals surface area contributed by atoms with Crippen LogP contribution in [0.15, 0.2) is 36.4 Å². The van der Waals surface area contributed by atoms with Gasteiger partial charge in [0.15, 0.2) is 0 Å². The quantitative estimate of drug-likeness (QED) is 0.891. The standard InChI is InChI=1S/C15H19N3/c1-18-9-8-14(11-18)16-10-13-7-6-12-4-2-3-5-15(12)17-13/h2-7,14,16H,8-11H2,1H3. The van der Waals surface area contributed by atoms with Crippen LogP contribution in [0.3, 0.4) is 0 Å². The van der Waals surface area contributed by atoms with Gasteiger partial charge in [-0.05, 0) is 32.1 Å². The summed E-state index contributed by atoms with van der Waals surface area (Å²) >= 11 is 0. The molecular weight excluding hydrogens is 222 g/mol. The van der Waals surface area contributed by atoms with Crippen molar-refractivity contribution in [2.75, 3.05) is 20.1 Å². The fraction of sp³-hybridized carbons (Fsp3) is 0.400. The van der Waals surface area contributed by atoms with Gasteiger partial charge in [-0.2, -0.15) is 0 Å². The van der Waals surface area contributed by atoms with E-state index in [0.717, 1.165) is 24.3 Å². The largest absolute Gasteiger partial charge is 0.307 e. The van der Waals surface area contributed by atoms with Crippen molar-refractivity contribution < 1.29 is 0 Å². The van der Waals surface area contributed by atoms with Crippen LogP contribution in [0.25, 0.3) is 10.9 Å². The molecule has 3 heteroatoms. The van der Waals surface area contributed by atoms with Crippen molar-refractivity contribution in [3.63, 3.8) is 0 Å². The number of rotatable bonds is 3. The zero-order valence-electron chi connectivity index (χ0n) is 10.8. The molecule has 3 rings (SSSR count). The van der Waals surface area contributed by atoms with E-state index in [2.05, 4.69) is 52.6 Å². The monoisotopic (exact) mass is 241 g/mol. The van der Waals surface area contributed by atoms with Crippen LogP contribution < -0.4 is 5.32 Å². The number of aromatic nitrogens is 1. The Balaban J connectivity index is 1.67. The van der Waals surface area contributed by atoms with Gasteiger partial charge in [0.1, 0.15) is 0 Å². The minimum Gasteiger partial charge on any atom is -0.307 e. The Labute approximate surface area is 108 Å². The van der Waals surface area contributed by atoms with Crippen LogP contribution in [0, 0.1) is 0 Å². The summed E-state index contributed by atoms with van der Waals surface area (Å²) in [5, 5.41) is 4.80. The summed E-state index contributed by atoms with van der Waals surface area (Å²) in [5.41, 5.74) is 2.21. The van der Waals surface area contributed by atoms with E-state index >= 15 is 0 Å². The zero-order valence-corrected chi connectivity index (χ0v) is 10.8. The number of nitrogens with zero attached hydrogens (tertiary/aromatic N) is 2. The molecule has 0 amide bonds. The number of benzene rings is 1. The molecule has 1 aromatic carbocycles. The predicted octanol–water partition coefficient (Wildman–Crippen LogP) is 2.03. The molecule has 2 aromatic rings. The van der Waals surface area contributed by atoms with Gasteiger partial charge in [-0.1, -0.05) is 24.3 Å². The van der Waals surface area contributed by atoms with Gasteiger partial charge in [-0.15, -0.1) is 0 Å². The summed E-state index contributed by atoms with van der Waals surface area (Å²) in [5.74, 6) is 0. The van der Waals surface area contributed by atoms with E-state index in [1.54, 1.807) is 0 Å². The molecule has 1 saturated heterocycles. The molecule has 2 heterocycles. The van der Waals surface area contributed by atoms with Crippen molar-refractivity contribution in [2.24, 2.45) is 0 Å². The van der Waals surface area contributed by atoms with Gasteiger partial charge in [-0.3, -0.25) is 4.98 Å². The Morgan fingerprint density at radius 3 is 3.00 bits per heavy atom. The lowest BCUT2D eigenvalue weighted by atomic mass is 10.2. The van der Waals surface area contributed by atoms with Crippen LogP contribution in [0.2, 0.25) is 0 Å². The predicted molar refractivity (Wildman–Crippen MR) is 74.5 cm³/mol. The first-order chi connectivity index (χ1) is 8.81. The zero-order chi connectivity index (χ0) is 12.4. The van der Waals surface area contributed by atoms with Crippen LogP contribution in [0.1, 0.15) is 12.1 Å². The van der Waals surface area contributed by atoms with E-state index in [4.69, 9.17) is 0 Å². The summed E-state index contributed by atoms with van der Waals surface area (Å²) in [6.07, 6.45) is 1.24. The van der Waals surface area contributed by atoms with Crippen molar-refractivity contribution >= 4 is 10.9 Å². The van der Waals surface area contributed by atoms with Gasteiger partial charge in [0.05, 0.1) is 11.2 Å². The first-order valence-electron chi connectivity index (χ1n) is 6.58. The smallest absolute Gasteiger partial charge is 0.0705 e. The number of fused-ring (bicyclic) bond motifs is 1. The highest BCUT2D eigenvalue weighted by molar-refractivity contribution is 5.78. The lowest BCUT2D eigenvalue weighted by molar-refractivity contribution is 0.397. The number of likely N-dealkylation sites (tertiary alicyclic amines) is 1. The summed E-state index contributed by atoms with van der Waals surface area (Å²) in [6, 6.07) is 13.2. The first kappa shape index (κ1) is 11.6. The average Bonchev–Trinajstić information content (AvgIpc) is 2.82. The lowest BCUT2D eigenvalue weighted by Gasteiger charge is -2.12. The number of nitrogens with one attached hydrogen (secondary N) is 1. The molecule has 94 valence electrons. The second kappa shape index (κ2) is 5.04. The van der Waals surface area contributed by atoms with Crippen LogP contribution in [0.5, 0.6) is 0 Å². The van der Waals surface area contributed by atoms with E-state index in [-0.39, 0.29) is 0 Å². The van der Waals surface area contributed by atoms with Gasteiger partial charge < -0.3 is 10.2 Å². The van der Waals surface area contributed by atoms with Crippen LogP contribution in [-0.2, 0) is 6.54 Å². The van der Waals surface area contributed by atoms with Gasteiger partial charge in [0.2, 0.25) is 0 Å². The molecule has 1 aliphatic heterocycles. The number of hydrogen-bond donors (Lipinski definition) is 1. The molecule has 1 atom stereocenters. The fourth-order valence-electron chi connectivity index (χ4n) is 2.56. The number of para-hydroxylation sites is 1. The first-order valence-corrected chi connectivity index (χ1v) is 6.58. The van der Waals surface area contributed by atoms with Gasteiger partial charge in [-0.25, -0.2) is 0 Å². The molecule has 0 spiro atoms. The molecule has 0 aliphatic carbocycles. The van der Waals surface area contributed by atoms with Gasteiger partial charge in [0.25, 0.3) is 0 Å². The maximum absolute atomic E-state index is 4.68. The van der Waals surface area contributed by atoms with E-state index in [9.17, 15) is 0 Å². The molecule has 0 bridgehead atoms. The van der Waals surface area contributed by atoms with Gasteiger partial charge in [0, 0.05) is 24.5 Å². The van der Waals surface area contributed by atoms with E-state index in [0.29, 0.717) is 6.04 Å². The molecule has 1 aromatic heterocycles. The normalized spacial score (nSPS) is 20.6. The molecule has 1 aliphatic rings. The third-order valence-electron chi connectivity index (χ3n) is 3.62. The van der Waals surface area contributed by atoms with Crippen molar-refractivity contribution in [3.05, 3.63) is 42.1 Å². The second-order valence-corrected chi connectivity index (χ2v) is 5.12. The minimum atomic E-state index is 0.614. The molecule has 1 unspecified atom stereocenters. The molecule has 0 saturated carbocycles. The topological polar surface area (TPSA) is 28.2 Å². The minimum absolute atomic E-state index is 0.614. The molecule has 18 heavy (non-hydrogen) atoms. The third kappa shape index (κ3) is 2.52. The highest BCUT2D eigenvalue weighted by atomic mass is 15.2. The number of pyridine rings is 1. The second-order valence-electron chi connectivity index (χ2n) is 5.12. The Bertz CT molecular complexity index is 538. The summed E-state index contributed by atoms with van der Waals surface area (Å²) in [7, 11) is 2.18. The highest BCUT2D eigenvalue weighted by Crippen LogP contribution is 2.12. The van der Waals surface area contributed by atoms with Crippen molar-refractivity contribution in [1.82, 2.24) is 15.2 Å². The molecule has 0 radical (unpaired) electrons. The van der Waals surface area contributed by atoms with Crippen molar-refractivity contribution in [3.8, 4) is 0 Å². The molecule has 1 fully saturated rings. The van der Waals surface area contributed by atoms with Crippen molar-refractivity contribution in [2.45, 2.75) is 19.0 Å². The highest BCUT2D eigenvalue weighted by Gasteiger charge is 2.18. The number of hydrogen-bond acceptors (Lipinski definition) is 3. The molecule has 3 nitrogen and oxygen atoms in total. The van der Waals surface area contributed by atoms with E-state index in [1.165, 1.54) is 18.4 Å². The molecule has 1 N–H and O–H groups in total. The Hall–Kier alpha value is -1.45. The molecular formula is C15H19N3. The van der Waals surface area contributed by atoms with Gasteiger partial charge >= 0.3 is 0 Å². The Kier molecular flexibility index (Phi) is 3.26. The SMILES string of the molecule is CN1CCC(NCc2ccc3ccccc3n2)C1. The van der Waals surface area contributed by atoms with E-state index < -0.39 is 0 Å². The van der Waals surface area contributed by atoms with Crippen LogP contribution in [0.4, 0.5) is 0 Å². The Morgan fingerprint density at radius 1 is 1.28 bits per heavy atom. The summed E-state index contributed by atoms with van der Waals surface area (Å²) in [4.78, 5) is 7.05. The average molecular weight is 241 g/mol. The maximum Gasteiger partial charge on any atom is 0.0705 e. The van der Waals surface area contributed by atoms with Crippen LogP contribution in [-0.4, -0.2) is 36.1 Å². The van der Waals surface area contributed by atoms with Crippen LogP contribution >= 0.6 is 0 Å². The number of likely N-dealkylation sites (N-methyl/N-ethyl adjacent to an activating group) is 1.